The molecule has 0 fully saturated rings. The van der Waals surface area contributed by atoms with E-state index in [-0.39, 0.29) is 16.7 Å². The highest BCUT2D eigenvalue weighted by atomic mass is 32.1. The predicted octanol–water partition coefficient (Wildman–Crippen LogP) is 1.99. The number of nitrogens with one attached hydrogen (secondary N) is 2. The number of aromatic nitrogens is 1. The zero-order valence-corrected chi connectivity index (χ0v) is 10.3. The first-order valence-corrected chi connectivity index (χ1v) is 6.22. The molecule has 0 radical (unpaired) electrons. The third-order valence-electron chi connectivity index (χ3n) is 2.56. The summed E-state index contributed by atoms with van der Waals surface area (Å²) in [6.07, 6.45) is 0. The second-order valence-corrected chi connectivity index (χ2v) is 4.71. The van der Waals surface area contributed by atoms with Crippen LogP contribution in [-0.4, -0.2) is 10.1 Å². The highest BCUT2D eigenvalue weighted by molar-refractivity contribution is 7.07. The number of phenols is 1. The molecule has 0 spiro atoms. The lowest BCUT2D eigenvalue weighted by atomic mass is 10.1. The number of rotatable bonds is 4. The van der Waals surface area contributed by atoms with Crippen LogP contribution in [0.4, 0.5) is 0 Å². The van der Waals surface area contributed by atoms with E-state index in [9.17, 15) is 9.90 Å². The van der Waals surface area contributed by atoms with Crippen LogP contribution < -0.4 is 10.2 Å². The lowest BCUT2D eigenvalue weighted by Gasteiger charge is -2.13. The van der Waals surface area contributed by atoms with Crippen LogP contribution in [0.1, 0.15) is 24.2 Å². The second-order valence-electron chi connectivity index (χ2n) is 3.87. The van der Waals surface area contributed by atoms with Crippen molar-refractivity contribution < 1.29 is 5.11 Å². The van der Waals surface area contributed by atoms with Crippen LogP contribution in [0.2, 0.25) is 0 Å². The van der Waals surface area contributed by atoms with Gasteiger partial charge in [0, 0.05) is 23.7 Å². The first-order valence-electron chi connectivity index (χ1n) is 5.34. The van der Waals surface area contributed by atoms with E-state index in [1.54, 1.807) is 12.1 Å². The summed E-state index contributed by atoms with van der Waals surface area (Å²) in [5.74, 6) is 0.267. The van der Waals surface area contributed by atoms with Gasteiger partial charge in [0.05, 0.1) is 0 Å². The monoisotopic (exact) mass is 250 g/mol. The summed E-state index contributed by atoms with van der Waals surface area (Å²) in [6.45, 7) is 2.66. The van der Waals surface area contributed by atoms with E-state index in [2.05, 4.69) is 10.3 Å². The van der Waals surface area contributed by atoms with E-state index in [0.29, 0.717) is 6.54 Å². The van der Waals surface area contributed by atoms with E-state index in [0.717, 1.165) is 11.3 Å². The number of thiazole rings is 1. The molecular formula is C12H14N2O2S. The maximum absolute atomic E-state index is 10.9. The van der Waals surface area contributed by atoms with Crippen molar-refractivity contribution in [2.24, 2.45) is 0 Å². The number of aromatic hydroxyl groups is 1. The molecular weight excluding hydrogens is 236 g/mol. The highest BCUT2D eigenvalue weighted by Crippen LogP contribution is 2.16. The van der Waals surface area contributed by atoms with E-state index in [1.165, 1.54) is 11.3 Å². The van der Waals surface area contributed by atoms with Crippen molar-refractivity contribution in [1.29, 1.82) is 0 Å². The fourth-order valence-corrected chi connectivity index (χ4v) is 2.13. The van der Waals surface area contributed by atoms with Crippen molar-refractivity contribution in [3.63, 3.8) is 0 Å². The van der Waals surface area contributed by atoms with Crippen molar-refractivity contribution in [1.82, 2.24) is 10.3 Å². The van der Waals surface area contributed by atoms with Crippen molar-refractivity contribution in [2.75, 3.05) is 0 Å². The summed E-state index contributed by atoms with van der Waals surface area (Å²) in [4.78, 5) is 13.7. The Morgan fingerprint density at radius 3 is 2.71 bits per heavy atom. The van der Waals surface area contributed by atoms with E-state index < -0.39 is 0 Å². The van der Waals surface area contributed by atoms with Crippen LogP contribution >= 0.6 is 11.3 Å². The minimum absolute atomic E-state index is 0.0286. The molecule has 0 aliphatic heterocycles. The summed E-state index contributed by atoms with van der Waals surface area (Å²) in [5.41, 5.74) is 1.99. The number of hydrogen-bond donors (Lipinski definition) is 3. The molecule has 0 aliphatic rings. The molecule has 1 heterocycles. The number of H-pyrrole nitrogens is 1. The Balaban J connectivity index is 1.95. The van der Waals surface area contributed by atoms with Crippen molar-refractivity contribution in [3.8, 4) is 5.75 Å². The van der Waals surface area contributed by atoms with Crippen LogP contribution in [0.15, 0.2) is 34.4 Å². The van der Waals surface area contributed by atoms with Gasteiger partial charge in [0.15, 0.2) is 0 Å². The van der Waals surface area contributed by atoms with Crippen LogP contribution in [-0.2, 0) is 6.54 Å². The van der Waals surface area contributed by atoms with Crippen LogP contribution in [0.25, 0.3) is 0 Å². The van der Waals surface area contributed by atoms with Gasteiger partial charge in [-0.3, -0.25) is 4.79 Å². The maximum Gasteiger partial charge on any atom is 0.304 e. The Labute approximate surface area is 103 Å². The zero-order chi connectivity index (χ0) is 12.3. The number of aromatic amines is 1. The summed E-state index contributed by atoms with van der Waals surface area (Å²) < 4.78 is 0. The molecule has 1 unspecified atom stereocenters. The van der Waals surface area contributed by atoms with Gasteiger partial charge >= 0.3 is 4.87 Å². The van der Waals surface area contributed by atoms with E-state index in [1.807, 2.05) is 24.4 Å². The van der Waals surface area contributed by atoms with Gasteiger partial charge in [-0.2, -0.15) is 0 Å². The SMILES string of the molecule is CC(NCc1csc(=O)[nH]1)c1ccc(O)cc1. The van der Waals surface area contributed by atoms with Crippen molar-refractivity contribution >= 4 is 11.3 Å². The second kappa shape index (κ2) is 5.16. The zero-order valence-electron chi connectivity index (χ0n) is 9.43. The number of benzene rings is 1. The molecule has 5 heteroatoms. The Hall–Kier alpha value is -1.59. The van der Waals surface area contributed by atoms with Gasteiger partial charge in [-0.15, -0.1) is 0 Å². The van der Waals surface area contributed by atoms with Gasteiger partial charge in [-0.1, -0.05) is 23.5 Å². The van der Waals surface area contributed by atoms with Gasteiger partial charge < -0.3 is 15.4 Å². The molecule has 17 heavy (non-hydrogen) atoms. The van der Waals surface area contributed by atoms with Gasteiger partial charge in [-0.25, -0.2) is 0 Å². The normalized spacial score (nSPS) is 12.5. The van der Waals surface area contributed by atoms with Crippen LogP contribution in [0.3, 0.4) is 0 Å². The topological polar surface area (TPSA) is 65.1 Å². The average molecular weight is 250 g/mol. The molecule has 90 valence electrons. The Morgan fingerprint density at radius 1 is 1.41 bits per heavy atom. The molecule has 2 aromatic rings. The van der Waals surface area contributed by atoms with Crippen LogP contribution in [0, 0.1) is 0 Å². The van der Waals surface area contributed by atoms with Gasteiger partial charge in [0.1, 0.15) is 5.75 Å². The molecule has 0 amide bonds. The first kappa shape index (κ1) is 11.9. The fraction of sp³-hybridized carbons (Fsp3) is 0.250. The predicted molar refractivity (Wildman–Crippen MR) is 68.3 cm³/mol. The average Bonchev–Trinajstić information content (AvgIpc) is 2.73. The molecule has 0 saturated carbocycles. The summed E-state index contributed by atoms with van der Waals surface area (Å²) in [6, 6.07) is 7.26. The molecule has 1 aromatic carbocycles. The largest absolute Gasteiger partial charge is 0.508 e. The van der Waals surface area contributed by atoms with Gasteiger partial charge in [0.25, 0.3) is 0 Å². The minimum Gasteiger partial charge on any atom is -0.508 e. The van der Waals surface area contributed by atoms with Gasteiger partial charge in [-0.05, 0) is 24.6 Å². The summed E-state index contributed by atoms with van der Waals surface area (Å²) in [5, 5.41) is 14.3. The first-order chi connectivity index (χ1) is 8.15. The van der Waals surface area contributed by atoms with Crippen LogP contribution in [0.5, 0.6) is 5.75 Å². The van der Waals surface area contributed by atoms with Crippen molar-refractivity contribution in [2.45, 2.75) is 19.5 Å². The minimum atomic E-state index is -0.0286. The smallest absolute Gasteiger partial charge is 0.304 e. The molecule has 0 bridgehead atoms. The quantitative estimate of drug-likeness (QED) is 0.777. The third kappa shape index (κ3) is 3.18. The Bertz CT molecular complexity index is 530. The van der Waals surface area contributed by atoms with Gasteiger partial charge in [0.2, 0.25) is 0 Å². The van der Waals surface area contributed by atoms with Crippen molar-refractivity contribution in [3.05, 3.63) is 50.6 Å². The summed E-state index contributed by atoms with van der Waals surface area (Å²) in [7, 11) is 0. The lowest BCUT2D eigenvalue weighted by Crippen LogP contribution is -2.18. The van der Waals surface area contributed by atoms with E-state index in [4.69, 9.17) is 0 Å². The fourth-order valence-electron chi connectivity index (χ4n) is 1.54. The third-order valence-corrected chi connectivity index (χ3v) is 3.28. The molecule has 3 N–H and O–H groups in total. The standard InChI is InChI=1S/C12H14N2O2S/c1-8(9-2-4-11(15)5-3-9)13-6-10-7-17-12(16)14-10/h2-5,7-8,13,15H,6H2,1H3,(H,14,16). The maximum atomic E-state index is 10.9. The number of hydrogen-bond acceptors (Lipinski definition) is 4. The van der Waals surface area contributed by atoms with E-state index >= 15 is 0 Å². The molecule has 0 aliphatic carbocycles. The molecule has 4 nitrogen and oxygen atoms in total. The Morgan fingerprint density at radius 2 is 2.12 bits per heavy atom. The Kier molecular flexibility index (Phi) is 3.61. The highest BCUT2D eigenvalue weighted by Gasteiger charge is 2.05. The molecule has 1 atom stereocenters. The molecule has 2 rings (SSSR count). The lowest BCUT2D eigenvalue weighted by molar-refractivity contribution is 0.474. The molecule has 1 aromatic heterocycles. The summed E-state index contributed by atoms with van der Waals surface area (Å²) >= 11 is 1.17. The molecule has 0 saturated heterocycles. The number of phenolic OH excluding ortho intramolecular Hbond substituents is 1.